The summed E-state index contributed by atoms with van der Waals surface area (Å²) in [7, 11) is 0. The number of hydrogen-bond acceptors (Lipinski definition) is 1. The average molecular weight is 166 g/mol. The van der Waals surface area contributed by atoms with Crippen LogP contribution in [0.5, 0.6) is 0 Å². The first-order chi connectivity index (χ1) is 5.74. The molecule has 1 heterocycles. The molecular weight excluding hydrogens is 148 g/mol. The van der Waals surface area contributed by atoms with Crippen LogP contribution in [0.15, 0.2) is 12.7 Å². The van der Waals surface area contributed by atoms with Crippen LogP contribution in [0.1, 0.15) is 39.0 Å². The Hall–Kier alpha value is -0.300. The molecule has 0 aromatic rings. The molecular formula is C11H18O. The molecule has 0 amide bonds. The molecule has 2 aliphatic rings. The molecule has 68 valence electrons. The van der Waals surface area contributed by atoms with Crippen LogP contribution < -0.4 is 0 Å². The van der Waals surface area contributed by atoms with E-state index in [9.17, 15) is 0 Å². The van der Waals surface area contributed by atoms with Crippen molar-refractivity contribution in [2.24, 2.45) is 5.92 Å². The van der Waals surface area contributed by atoms with E-state index in [1.54, 1.807) is 0 Å². The molecule has 0 bridgehead atoms. The van der Waals surface area contributed by atoms with E-state index in [0.29, 0.717) is 12.0 Å². The fourth-order valence-corrected chi connectivity index (χ4v) is 2.30. The molecule has 1 aliphatic carbocycles. The largest absolute Gasteiger partial charge is 0.366 e. The molecule has 0 radical (unpaired) electrons. The first kappa shape index (κ1) is 8.31. The highest BCUT2D eigenvalue weighted by atomic mass is 16.6. The van der Waals surface area contributed by atoms with Gasteiger partial charge in [0.1, 0.15) is 0 Å². The predicted octanol–water partition coefficient (Wildman–Crippen LogP) is 2.91. The third kappa shape index (κ3) is 1.42. The molecule has 2 rings (SSSR count). The lowest BCUT2D eigenvalue weighted by Crippen LogP contribution is -2.15. The minimum absolute atomic E-state index is 0.252. The van der Waals surface area contributed by atoms with Gasteiger partial charge in [-0.3, -0.25) is 0 Å². The summed E-state index contributed by atoms with van der Waals surface area (Å²) in [5.41, 5.74) is 0.252. The Labute approximate surface area is 74.8 Å². The van der Waals surface area contributed by atoms with Gasteiger partial charge in [0.05, 0.1) is 11.7 Å². The highest BCUT2D eigenvalue weighted by Crippen LogP contribution is 2.46. The van der Waals surface area contributed by atoms with Crippen molar-refractivity contribution < 1.29 is 4.74 Å². The first-order valence-corrected chi connectivity index (χ1v) is 5.05. The van der Waals surface area contributed by atoms with E-state index >= 15 is 0 Å². The fraction of sp³-hybridized carbons (Fsp3) is 0.818. The zero-order valence-corrected chi connectivity index (χ0v) is 7.88. The normalized spacial score (nSPS) is 47.1. The van der Waals surface area contributed by atoms with Gasteiger partial charge in [0.2, 0.25) is 0 Å². The summed E-state index contributed by atoms with van der Waals surface area (Å²) in [6.45, 7) is 6.13. The minimum atomic E-state index is 0.252. The molecule has 1 aliphatic heterocycles. The molecule has 0 aromatic carbocycles. The number of epoxide rings is 1. The maximum atomic E-state index is 5.71. The number of rotatable bonds is 1. The van der Waals surface area contributed by atoms with Gasteiger partial charge in [-0.15, -0.1) is 6.58 Å². The topological polar surface area (TPSA) is 12.5 Å². The Balaban J connectivity index is 1.96. The van der Waals surface area contributed by atoms with Crippen LogP contribution in [0.2, 0.25) is 0 Å². The Morgan fingerprint density at radius 3 is 3.08 bits per heavy atom. The van der Waals surface area contributed by atoms with Crippen molar-refractivity contribution in [2.45, 2.75) is 50.7 Å². The number of ether oxygens (including phenoxy) is 1. The highest BCUT2D eigenvalue weighted by molar-refractivity contribution is 5.02. The molecule has 1 heteroatoms. The Bertz CT molecular complexity index is 187. The van der Waals surface area contributed by atoms with E-state index in [0.717, 1.165) is 0 Å². The van der Waals surface area contributed by atoms with Gasteiger partial charge in [-0.25, -0.2) is 0 Å². The van der Waals surface area contributed by atoms with Gasteiger partial charge in [0.25, 0.3) is 0 Å². The van der Waals surface area contributed by atoms with E-state index in [1.165, 1.54) is 32.1 Å². The van der Waals surface area contributed by atoms with Crippen LogP contribution in [0.4, 0.5) is 0 Å². The summed E-state index contributed by atoms with van der Waals surface area (Å²) in [6, 6.07) is 0. The van der Waals surface area contributed by atoms with Crippen molar-refractivity contribution >= 4 is 0 Å². The predicted molar refractivity (Wildman–Crippen MR) is 50.1 cm³/mol. The Morgan fingerprint density at radius 2 is 2.33 bits per heavy atom. The van der Waals surface area contributed by atoms with Gasteiger partial charge in [-0.05, 0) is 32.1 Å². The van der Waals surface area contributed by atoms with Crippen LogP contribution in [-0.4, -0.2) is 11.7 Å². The fourth-order valence-electron chi connectivity index (χ4n) is 2.30. The van der Waals surface area contributed by atoms with Crippen molar-refractivity contribution in [3.63, 3.8) is 0 Å². The Morgan fingerprint density at radius 1 is 1.50 bits per heavy atom. The van der Waals surface area contributed by atoms with Crippen molar-refractivity contribution in [3.05, 3.63) is 12.7 Å². The molecule has 0 spiro atoms. The van der Waals surface area contributed by atoms with Gasteiger partial charge >= 0.3 is 0 Å². The zero-order valence-electron chi connectivity index (χ0n) is 7.88. The Kier molecular flexibility index (Phi) is 1.99. The third-order valence-corrected chi connectivity index (χ3v) is 3.38. The summed E-state index contributed by atoms with van der Waals surface area (Å²) in [5, 5.41) is 0. The second kappa shape index (κ2) is 2.88. The maximum Gasteiger partial charge on any atom is 0.0920 e. The SMILES string of the molecule is C=CC1CCCCC2(C)OC2C1. The van der Waals surface area contributed by atoms with Crippen molar-refractivity contribution in [1.82, 2.24) is 0 Å². The number of allylic oxidation sites excluding steroid dienone is 1. The van der Waals surface area contributed by atoms with Crippen molar-refractivity contribution in [2.75, 3.05) is 0 Å². The van der Waals surface area contributed by atoms with E-state index in [1.807, 2.05) is 0 Å². The molecule has 3 unspecified atom stereocenters. The molecule has 1 nitrogen and oxygen atoms in total. The second-order valence-electron chi connectivity index (χ2n) is 4.40. The van der Waals surface area contributed by atoms with Crippen LogP contribution in [0.3, 0.4) is 0 Å². The summed E-state index contributed by atoms with van der Waals surface area (Å²) in [4.78, 5) is 0. The second-order valence-corrected chi connectivity index (χ2v) is 4.40. The minimum Gasteiger partial charge on any atom is -0.366 e. The van der Waals surface area contributed by atoms with Crippen LogP contribution >= 0.6 is 0 Å². The van der Waals surface area contributed by atoms with E-state index < -0.39 is 0 Å². The summed E-state index contributed by atoms with van der Waals surface area (Å²) < 4.78 is 5.71. The molecule has 2 fully saturated rings. The molecule has 3 atom stereocenters. The lowest BCUT2D eigenvalue weighted by Gasteiger charge is -2.15. The number of fused-ring (bicyclic) bond motifs is 1. The van der Waals surface area contributed by atoms with Crippen LogP contribution in [0, 0.1) is 5.92 Å². The molecule has 0 aromatic heterocycles. The van der Waals surface area contributed by atoms with Gasteiger partial charge in [0, 0.05) is 0 Å². The lowest BCUT2D eigenvalue weighted by molar-refractivity contribution is 0.292. The molecule has 1 saturated heterocycles. The number of hydrogen-bond donors (Lipinski definition) is 0. The molecule has 0 N–H and O–H groups in total. The lowest BCUT2D eigenvalue weighted by atomic mass is 9.86. The maximum absolute atomic E-state index is 5.71. The quantitative estimate of drug-likeness (QED) is 0.431. The zero-order chi connectivity index (χ0) is 8.60. The molecule has 12 heavy (non-hydrogen) atoms. The van der Waals surface area contributed by atoms with Crippen molar-refractivity contribution in [3.8, 4) is 0 Å². The van der Waals surface area contributed by atoms with Crippen LogP contribution in [-0.2, 0) is 4.74 Å². The van der Waals surface area contributed by atoms with Gasteiger partial charge in [-0.2, -0.15) is 0 Å². The monoisotopic (exact) mass is 166 g/mol. The highest BCUT2D eigenvalue weighted by Gasteiger charge is 2.52. The van der Waals surface area contributed by atoms with Gasteiger partial charge in [-0.1, -0.05) is 18.9 Å². The summed E-state index contributed by atoms with van der Waals surface area (Å²) >= 11 is 0. The van der Waals surface area contributed by atoms with Gasteiger partial charge in [0.15, 0.2) is 0 Å². The smallest absolute Gasteiger partial charge is 0.0920 e. The summed E-state index contributed by atoms with van der Waals surface area (Å²) in [5.74, 6) is 0.706. The van der Waals surface area contributed by atoms with Crippen molar-refractivity contribution in [1.29, 1.82) is 0 Å². The van der Waals surface area contributed by atoms with E-state index in [-0.39, 0.29) is 5.60 Å². The van der Waals surface area contributed by atoms with E-state index in [4.69, 9.17) is 4.74 Å². The first-order valence-electron chi connectivity index (χ1n) is 5.05. The summed E-state index contributed by atoms with van der Waals surface area (Å²) in [6.07, 6.45) is 9.12. The van der Waals surface area contributed by atoms with Gasteiger partial charge < -0.3 is 4.74 Å². The van der Waals surface area contributed by atoms with Crippen LogP contribution in [0.25, 0.3) is 0 Å². The van der Waals surface area contributed by atoms with E-state index in [2.05, 4.69) is 19.6 Å². The standard InChI is InChI=1S/C11H18O/c1-3-9-6-4-5-7-11(2)10(8-9)12-11/h3,9-10H,1,4-8H2,2H3. The molecule has 1 saturated carbocycles. The average Bonchev–Trinajstić information content (AvgIpc) is 2.63. The third-order valence-electron chi connectivity index (χ3n) is 3.38.